The molecule has 1 aromatic heterocycles. The fourth-order valence-corrected chi connectivity index (χ4v) is 3.91. The van der Waals surface area contributed by atoms with Gasteiger partial charge in [-0.05, 0) is 67.8 Å². The summed E-state index contributed by atoms with van der Waals surface area (Å²) in [7, 11) is 0. The van der Waals surface area contributed by atoms with E-state index in [9.17, 15) is 14.4 Å². The summed E-state index contributed by atoms with van der Waals surface area (Å²) in [6, 6.07) is 14.3. The molecule has 33 heavy (non-hydrogen) atoms. The topological polar surface area (TPSA) is 123 Å². The molecule has 0 unspecified atom stereocenters. The number of aliphatic carboxylic acids is 1. The van der Waals surface area contributed by atoms with Gasteiger partial charge in [0.2, 0.25) is 0 Å². The summed E-state index contributed by atoms with van der Waals surface area (Å²) in [5.41, 5.74) is 11.8. The van der Waals surface area contributed by atoms with Crippen molar-refractivity contribution in [2.75, 3.05) is 10.7 Å². The number of rotatable bonds is 7. The summed E-state index contributed by atoms with van der Waals surface area (Å²) in [4.78, 5) is 39.5. The van der Waals surface area contributed by atoms with Gasteiger partial charge in [0.1, 0.15) is 0 Å². The lowest BCUT2D eigenvalue weighted by atomic mass is 10.0. The number of carboxylic acids is 1. The van der Waals surface area contributed by atoms with E-state index in [4.69, 9.17) is 5.11 Å². The van der Waals surface area contributed by atoms with Gasteiger partial charge >= 0.3 is 5.97 Å². The van der Waals surface area contributed by atoms with Gasteiger partial charge in [-0.15, -0.1) is 0 Å². The fraction of sp³-hybridized carbons (Fsp3) is 0.160. The van der Waals surface area contributed by atoms with Gasteiger partial charge in [-0.3, -0.25) is 25.2 Å². The molecule has 2 aromatic carbocycles. The zero-order chi connectivity index (χ0) is 23.5. The summed E-state index contributed by atoms with van der Waals surface area (Å²) in [6.45, 7) is 3.79. The Hall–Kier alpha value is -4.33. The van der Waals surface area contributed by atoms with Crippen molar-refractivity contribution in [1.29, 1.82) is 0 Å². The van der Waals surface area contributed by atoms with Crippen LogP contribution in [0.25, 0.3) is 11.6 Å². The number of anilines is 2. The van der Waals surface area contributed by atoms with Crippen LogP contribution in [0.4, 0.5) is 11.4 Å². The zero-order valence-corrected chi connectivity index (χ0v) is 18.3. The Morgan fingerprint density at radius 3 is 2.58 bits per heavy atom. The molecule has 2 amide bonds. The number of benzene rings is 2. The molecule has 0 aliphatic carbocycles. The highest BCUT2D eigenvalue weighted by molar-refractivity contribution is 6.35. The second kappa shape index (κ2) is 9.04. The number of hydrogen-bond donors (Lipinski definition) is 5. The van der Waals surface area contributed by atoms with Crippen LogP contribution in [0.3, 0.4) is 0 Å². The third-order valence-electron chi connectivity index (χ3n) is 5.67. The van der Waals surface area contributed by atoms with Gasteiger partial charge < -0.3 is 15.4 Å². The number of H-pyrrole nitrogens is 1. The summed E-state index contributed by atoms with van der Waals surface area (Å²) in [5.74, 6) is -1.45. The number of carboxylic acid groups (broad SMARTS) is 1. The first kappa shape index (κ1) is 21.9. The fourth-order valence-electron chi connectivity index (χ4n) is 3.91. The monoisotopic (exact) mass is 444 g/mol. The Balaban J connectivity index is 1.60. The number of aryl methyl sites for hydroxylation is 1. The van der Waals surface area contributed by atoms with E-state index in [1.165, 1.54) is 0 Å². The minimum atomic E-state index is -0.855. The van der Waals surface area contributed by atoms with Gasteiger partial charge in [0.25, 0.3) is 11.8 Å². The van der Waals surface area contributed by atoms with E-state index in [1.807, 2.05) is 44.2 Å². The van der Waals surface area contributed by atoms with E-state index < -0.39 is 5.97 Å². The van der Waals surface area contributed by atoms with E-state index in [1.54, 1.807) is 24.3 Å². The van der Waals surface area contributed by atoms with Crippen LogP contribution in [0.1, 0.15) is 44.9 Å². The number of aromatic nitrogens is 1. The molecule has 0 saturated heterocycles. The highest BCUT2D eigenvalue weighted by Gasteiger charge is 2.26. The summed E-state index contributed by atoms with van der Waals surface area (Å²) in [6.07, 6.45) is 2.19. The molecule has 2 heterocycles. The summed E-state index contributed by atoms with van der Waals surface area (Å²) in [5, 5.41) is 11.8. The number of hydrogen-bond acceptors (Lipinski definition) is 4. The number of hydrazine groups is 1. The van der Waals surface area contributed by atoms with E-state index in [2.05, 4.69) is 21.2 Å². The molecule has 0 spiro atoms. The third kappa shape index (κ3) is 4.64. The van der Waals surface area contributed by atoms with Gasteiger partial charge in [0, 0.05) is 34.6 Å². The maximum absolute atomic E-state index is 12.7. The minimum Gasteiger partial charge on any atom is -0.481 e. The SMILES string of the molecule is Cc1[nH]c(/C=C2\C(=O)Nc3ccc(C(=O)NNc4ccccc4)cc32)c(C)c1CCC(=O)O. The minimum absolute atomic E-state index is 0.0361. The molecular weight excluding hydrogens is 420 g/mol. The van der Waals surface area contributed by atoms with Gasteiger partial charge in [0.15, 0.2) is 0 Å². The molecule has 0 fully saturated rings. The second-order valence-corrected chi connectivity index (χ2v) is 7.88. The molecule has 4 rings (SSSR count). The van der Waals surface area contributed by atoms with Gasteiger partial charge in [-0.2, -0.15) is 0 Å². The van der Waals surface area contributed by atoms with Crippen LogP contribution < -0.4 is 16.2 Å². The summed E-state index contributed by atoms with van der Waals surface area (Å²) >= 11 is 0. The molecule has 5 N–H and O–H groups in total. The molecule has 8 heteroatoms. The van der Waals surface area contributed by atoms with Crippen molar-refractivity contribution in [3.05, 3.63) is 82.2 Å². The van der Waals surface area contributed by atoms with Crippen molar-refractivity contribution >= 4 is 40.8 Å². The van der Waals surface area contributed by atoms with E-state index >= 15 is 0 Å². The number of carbonyl (C=O) groups excluding carboxylic acids is 2. The van der Waals surface area contributed by atoms with Crippen LogP contribution in [0.2, 0.25) is 0 Å². The highest BCUT2D eigenvalue weighted by atomic mass is 16.4. The average molecular weight is 444 g/mol. The van der Waals surface area contributed by atoms with Crippen LogP contribution in [0.5, 0.6) is 0 Å². The van der Waals surface area contributed by atoms with E-state index in [0.717, 1.165) is 28.2 Å². The van der Waals surface area contributed by atoms with Crippen molar-refractivity contribution in [2.24, 2.45) is 0 Å². The molecule has 168 valence electrons. The third-order valence-corrected chi connectivity index (χ3v) is 5.67. The lowest BCUT2D eigenvalue weighted by molar-refractivity contribution is -0.137. The Kier molecular flexibility index (Phi) is 5.99. The van der Waals surface area contributed by atoms with Crippen molar-refractivity contribution < 1.29 is 19.5 Å². The molecule has 1 aliphatic rings. The molecule has 1 aliphatic heterocycles. The molecule has 0 saturated carbocycles. The molecule has 0 bridgehead atoms. The summed E-state index contributed by atoms with van der Waals surface area (Å²) < 4.78 is 0. The van der Waals surface area contributed by atoms with Crippen LogP contribution in [0.15, 0.2) is 48.5 Å². The number of nitrogens with one attached hydrogen (secondary N) is 4. The zero-order valence-electron chi connectivity index (χ0n) is 18.3. The van der Waals surface area contributed by atoms with Crippen LogP contribution in [-0.4, -0.2) is 27.9 Å². The second-order valence-electron chi connectivity index (χ2n) is 7.88. The normalized spacial score (nSPS) is 13.5. The first-order valence-electron chi connectivity index (χ1n) is 10.5. The Morgan fingerprint density at radius 2 is 1.85 bits per heavy atom. The van der Waals surface area contributed by atoms with Crippen LogP contribution in [0, 0.1) is 13.8 Å². The van der Waals surface area contributed by atoms with Crippen molar-refractivity contribution in [3.8, 4) is 0 Å². The van der Waals surface area contributed by atoms with Gasteiger partial charge in [-0.1, -0.05) is 18.2 Å². The average Bonchev–Trinajstić information content (AvgIpc) is 3.25. The number of carbonyl (C=O) groups is 3. The predicted octanol–water partition coefficient (Wildman–Crippen LogP) is 3.90. The molecule has 8 nitrogen and oxygen atoms in total. The number of aromatic amines is 1. The number of fused-ring (bicyclic) bond motifs is 1. The van der Waals surface area contributed by atoms with Crippen molar-refractivity contribution in [2.45, 2.75) is 26.7 Å². The molecule has 0 atom stereocenters. The maximum atomic E-state index is 12.7. The quantitative estimate of drug-likeness (QED) is 0.279. The molecular formula is C25H24N4O4. The van der Waals surface area contributed by atoms with Gasteiger partial charge in [-0.25, -0.2) is 0 Å². The standard InChI is InChI=1S/C25H24N4O4/c1-14-18(9-11-23(30)31)15(2)26-22(14)13-20-19-12-16(8-10-21(19)27-25(20)33)24(32)29-28-17-6-4-3-5-7-17/h3-8,10,12-13,26,28H,9,11H2,1-2H3,(H,27,33)(H,29,32)(H,30,31)/b20-13-. The van der Waals surface area contributed by atoms with E-state index in [0.29, 0.717) is 28.8 Å². The smallest absolute Gasteiger partial charge is 0.303 e. The lowest BCUT2D eigenvalue weighted by Crippen LogP contribution is -2.29. The first-order valence-corrected chi connectivity index (χ1v) is 10.5. The molecule has 3 aromatic rings. The van der Waals surface area contributed by atoms with Crippen molar-refractivity contribution in [3.63, 3.8) is 0 Å². The van der Waals surface area contributed by atoms with Crippen molar-refractivity contribution in [1.82, 2.24) is 10.4 Å². The van der Waals surface area contributed by atoms with Crippen LogP contribution >= 0.6 is 0 Å². The van der Waals surface area contributed by atoms with Gasteiger partial charge in [0.05, 0.1) is 11.3 Å². The van der Waals surface area contributed by atoms with E-state index in [-0.39, 0.29) is 18.2 Å². The Morgan fingerprint density at radius 1 is 1.09 bits per heavy atom. The largest absolute Gasteiger partial charge is 0.481 e. The maximum Gasteiger partial charge on any atom is 0.303 e. The number of amides is 2. The predicted molar refractivity (Wildman–Crippen MR) is 127 cm³/mol. The highest BCUT2D eigenvalue weighted by Crippen LogP contribution is 2.35. The number of para-hydroxylation sites is 1. The first-order chi connectivity index (χ1) is 15.8. The van der Waals surface area contributed by atoms with Crippen LogP contribution in [-0.2, 0) is 16.0 Å². The Bertz CT molecular complexity index is 1280. The Labute approximate surface area is 190 Å². The molecule has 0 radical (unpaired) electrons. The lowest BCUT2D eigenvalue weighted by Gasteiger charge is -2.09.